The molecule has 0 radical (unpaired) electrons. The smallest absolute Gasteiger partial charge is 0.0440 e. The summed E-state index contributed by atoms with van der Waals surface area (Å²) in [5, 5.41) is 0.811. The normalized spacial score (nSPS) is 10.1. The molecule has 3 heteroatoms. The molecule has 0 aliphatic carbocycles. The van der Waals surface area contributed by atoms with Crippen molar-refractivity contribution in [3.63, 3.8) is 0 Å². The van der Waals surface area contributed by atoms with Crippen LogP contribution in [-0.2, 0) is 0 Å². The lowest BCUT2D eigenvalue weighted by Crippen LogP contribution is -1.91. The van der Waals surface area contributed by atoms with Crippen LogP contribution >= 0.6 is 23.4 Å². The standard InChI is InChI=1S/C8H10ClNS/c1-6-4-7(11-5-10)2-3-8(6)9/h2-4H,5,10H2,1H3. The van der Waals surface area contributed by atoms with E-state index in [0.717, 1.165) is 10.6 Å². The van der Waals surface area contributed by atoms with Gasteiger partial charge in [0.15, 0.2) is 0 Å². The molecule has 0 bridgehead atoms. The van der Waals surface area contributed by atoms with E-state index in [1.807, 2.05) is 25.1 Å². The maximum Gasteiger partial charge on any atom is 0.0440 e. The van der Waals surface area contributed by atoms with E-state index in [9.17, 15) is 0 Å². The van der Waals surface area contributed by atoms with Crippen molar-refractivity contribution in [2.75, 3.05) is 5.88 Å². The maximum atomic E-state index is 5.84. The van der Waals surface area contributed by atoms with Crippen LogP contribution < -0.4 is 5.73 Å². The van der Waals surface area contributed by atoms with Gasteiger partial charge in [0.2, 0.25) is 0 Å². The molecule has 0 aliphatic rings. The summed E-state index contributed by atoms with van der Waals surface area (Å²) in [6.45, 7) is 1.99. The van der Waals surface area contributed by atoms with Crippen LogP contribution in [0.15, 0.2) is 23.1 Å². The quantitative estimate of drug-likeness (QED) is 0.569. The molecular formula is C8H10ClNS. The predicted octanol–water partition coefficient (Wildman–Crippen LogP) is 2.66. The Kier molecular flexibility index (Phi) is 3.24. The minimum Gasteiger partial charge on any atom is -0.322 e. The van der Waals surface area contributed by atoms with Gasteiger partial charge in [-0.2, -0.15) is 0 Å². The third-order valence-corrected chi connectivity index (χ3v) is 2.56. The summed E-state index contributed by atoms with van der Waals surface area (Å²) >= 11 is 7.46. The van der Waals surface area contributed by atoms with E-state index in [4.69, 9.17) is 17.3 Å². The van der Waals surface area contributed by atoms with Gasteiger partial charge in [-0.15, -0.1) is 11.8 Å². The van der Waals surface area contributed by atoms with Gasteiger partial charge in [0.25, 0.3) is 0 Å². The SMILES string of the molecule is Cc1cc(SCN)ccc1Cl. The molecular weight excluding hydrogens is 178 g/mol. The average molecular weight is 188 g/mol. The highest BCUT2D eigenvalue weighted by molar-refractivity contribution is 7.99. The lowest BCUT2D eigenvalue weighted by molar-refractivity contribution is 1.33. The van der Waals surface area contributed by atoms with Crippen molar-refractivity contribution in [2.24, 2.45) is 5.73 Å². The summed E-state index contributed by atoms with van der Waals surface area (Å²) in [7, 11) is 0. The molecule has 0 aromatic heterocycles. The fraction of sp³-hybridized carbons (Fsp3) is 0.250. The Morgan fingerprint density at radius 3 is 2.82 bits per heavy atom. The van der Waals surface area contributed by atoms with Crippen molar-refractivity contribution < 1.29 is 0 Å². The number of aryl methyl sites for hydroxylation is 1. The molecule has 0 saturated heterocycles. The largest absolute Gasteiger partial charge is 0.322 e. The van der Waals surface area contributed by atoms with E-state index < -0.39 is 0 Å². The highest BCUT2D eigenvalue weighted by atomic mass is 35.5. The van der Waals surface area contributed by atoms with E-state index >= 15 is 0 Å². The fourth-order valence-electron chi connectivity index (χ4n) is 0.803. The van der Waals surface area contributed by atoms with Gasteiger partial charge in [-0.1, -0.05) is 11.6 Å². The van der Waals surface area contributed by atoms with E-state index in [-0.39, 0.29) is 0 Å². The second kappa shape index (κ2) is 4.00. The molecule has 2 N–H and O–H groups in total. The Hall–Kier alpha value is -0.180. The van der Waals surface area contributed by atoms with Crippen LogP contribution in [-0.4, -0.2) is 5.88 Å². The van der Waals surface area contributed by atoms with Crippen molar-refractivity contribution in [3.8, 4) is 0 Å². The van der Waals surface area contributed by atoms with Crippen molar-refractivity contribution in [1.29, 1.82) is 0 Å². The third-order valence-electron chi connectivity index (χ3n) is 1.38. The van der Waals surface area contributed by atoms with E-state index in [0.29, 0.717) is 5.88 Å². The van der Waals surface area contributed by atoms with Crippen LogP contribution in [0.2, 0.25) is 5.02 Å². The van der Waals surface area contributed by atoms with Gasteiger partial charge < -0.3 is 5.73 Å². The monoisotopic (exact) mass is 187 g/mol. The second-order valence-electron chi connectivity index (χ2n) is 2.22. The summed E-state index contributed by atoms with van der Waals surface area (Å²) in [4.78, 5) is 1.18. The van der Waals surface area contributed by atoms with Crippen LogP contribution in [0.25, 0.3) is 0 Å². The highest BCUT2D eigenvalue weighted by Crippen LogP contribution is 2.22. The van der Waals surface area contributed by atoms with Gasteiger partial charge in [0.05, 0.1) is 0 Å². The third kappa shape index (κ3) is 2.40. The van der Waals surface area contributed by atoms with Crippen LogP contribution in [0.5, 0.6) is 0 Å². The summed E-state index contributed by atoms with van der Waals surface area (Å²) in [5.41, 5.74) is 6.48. The fourth-order valence-corrected chi connectivity index (χ4v) is 1.54. The molecule has 1 nitrogen and oxygen atoms in total. The molecule has 0 saturated carbocycles. The molecule has 0 heterocycles. The zero-order chi connectivity index (χ0) is 8.27. The van der Waals surface area contributed by atoms with Crippen LogP contribution in [0.1, 0.15) is 5.56 Å². The first-order valence-corrected chi connectivity index (χ1v) is 4.69. The summed E-state index contributed by atoms with van der Waals surface area (Å²) in [6.07, 6.45) is 0. The minimum atomic E-state index is 0.612. The summed E-state index contributed by atoms with van der Waals surface area (Å²) in [6, 6.07) is 5.92. The molecule has 0 atom stereocenters. The number of halogens is 1. The molecule has 1 rings (SSSR count). The van der Waals surface area contributed by atoms with Crippen LogP contribution in [0, 0.1) is 6.92 Å². The molecule has 1 aromatic rings. The lowest BCUT2D eigenvalue weighted by Gasteiger charge is -2.00. The Labute approximate surface area is 75.9 Å². The van der Waals surface area contributed by atoms with E-state index in [1.165, 1.54) is 4.90 Å². The molecule has 0 amide bonds. The van der Waals surface area contributed by atoms with Crippen LogP contribution in [0.3, 0.4) is 0 Å². The molecule has 11 heavy (non-hydrogen) atoms. The van der Waals surface area contributed by atoms with Gasteiger partial charge in [-0.3, -0.25) is 0 Å². The van der Waals surface area contributed by atoms with Crippen molar-refractivity contribution in [3.05, 3.63) is 28.8 Å². The number of rotatable bonds is 2. The predicted molar refractivity (Wildman–Crippen MR) is 51.1 cm³/mol. The first kappa shape index (κ1) is 8.91. The number of nitrogens with two attached hydrogens (primary N) is 1. The number of hydrogen-bond acceptors (Lipinski definition) is 2. The molecule has 0 spiro atoms. The Balaban J connectivity index is 2.86. The first-order chi connectivity index (χ1) is 5.24. The first-order valence-electron chi connectivity index (χ1n) is 3.33. The summed E-state index contributed by atoms with van der Waals surface area (Å²) in [5.74, 6) is 0.612. The average Bonchev–Trinajstić information content (AvgIpc) is 1.98. The topological polar surface area (TPSA) is 26.0 Å². The van der Waals surface area contributed by atoms with Gasteiger partial charge in [-0.25, -0.2) is 0 Å². The zero-order valence-electron chi connectivity index (χ0n) is 6.30. The van der Waals surface area contributed by atoms with Crippen molar-refractivity contribution in [2.45, 2.75) is 11.8 Å². The van der Waals surface area contributed by atoms with E-state index in [1.54, 1.807) is 11.8 Å². The van der Waals surface area contributed by atoms with Crippen LogP contribution in [0.4, 0.5) is 0 Å². The molecule has 1 aromatic carbocycles. The molecule has 60 valence electrons. The lowest BCUT2D eigenvalue weighted by atomic mass is 10.2. The molecule has 0 fully saturated rings. The summed E-state index contributed by atoms with van der Waals surface area (Å²) < 4.78 is 0. The Bertz CT molecular complexity index is 250. The molecule has 0 unspecified atom stereocenters. The number of benzene rings is 1. The number of hydrogen-bond donors (Lipinski definition) is 1. The maximum absolute atomic E-state index is 5.84. The van der Waals surface area contributed by atoms with Gasteiger partial charge in [0.1, 0.15) is 0 Å². The zero-order valence-corrected chi connectivity index (χ0v) is 7.88. The minimum absolute atomic E-state index is 0.612. The Morgan fingerprint density at radius 2 is 2.27 bits per heavy atom. The molecule has 0 aliphatic heterocycles. The Morgan fingerprint density at radius 1 is 1.55 bits per heavy atom. The number of thioether (sulfide) groups is 1. The second-order valence-corrected chi connectivity index (χ2v) is 3.72. The van der Waals surface area contributed by atoms with Gasteiger partial charge in [-0.05, 0) is 30.7 Å². The van der Waals surface area contributed by atoms with Gasteiger partial charge >= 0.3 is 0 Å². The van der Waals surface area contributed by atoms with E-state index in [2.05, 4.69) is 0 Å². The van der Waals surface area contributed by atoms with Crippen molar-refractivity contribution >= 4 is 23.4 Å². The van der Waals surface area contributed by atoms with Crippen molar-refractivity contribution in [1.82, 2.24) is 0 Å². The highest BCUT2D eigenvalue weighted by Gasteiger charge is 1.96. The van der Waals surface area contributed by atoms with Gasteiger partial charge in [0, 0.05) is 15.8 Å².